The minimum atomic E-state index is 0.120. The molecule has 0 spiro atoms. The number of rotatable bonds is 3. The van der Waals surface area contributed by atoms with Crippen LogP contribution in [-0.2, 0) is 0 Å². The van der Waals surface area contributed by atoms with E-state index in [9.17, 15) is 4.79 Å². The van der Waals surface area contributed by atoms with Gasteiger partial charge in [0.2, 0.25) is 0 Å². The summed E-state index contributed by atoms with van der Waals surface area (Å²) in [6.07, 6.45) is 1.16. The summed E-state index contributed by atoms with van der Waals surface area (Å²) in [6, 6.07) is 10.6. The van der Waals surface area contributed by atoms with E-state index in [1.807, 2.05) is 35.2 Å². The van der Waals surface area contributed by atoms with Gasteiger partial charge in [-0.25, -0.2) is 0 Å². The van der Waals surface area contributed by atoms with Gasteiger partial charge in [0.05, 0.1) is 0 Å². The van der Waals surface area contributed by atoms with Gasteiger partial charge in [0, 0.05) is 43.1 Å². The number of nitrogens with zero attached hydrogens (tertiary/aromatic N) is 2. The highest BCUT2D eigenvalue weighted by Gasteiger charge is 2.24. The standard InChI is InChI=1S/C17H23N3O/c1-3-13(2)19-8-10-20(11-9-19)17(21)16-12-14-6-4-5-7-15(14)18-16/h4-7,12-13,18H,3,8-11H2,1-2H3. The Bertz CT molecular complexity index is 593. The molecule has 1 fully saturated rings. The number of aromatic amines is 1. The van der Waals surface area contributed by atoms with Crippen molar-refractivity contribution >= 4 is 16.8 Å². The summed E-state index contributed by atoms with van der Waals surface area (Å²) >= 11 is 0. The van der Waals surface area contributed by atoms with Crippen LogP contribution < -0.4 is 0 Å². The first-order valence-electron chi connectivity index (χ1n) is 7.80. The Kier molecular flexibility index (Phi) is 3.97. The van der Waals surface area contributed by atoms with E-state index in [1.165, 1.54) is 0 Å². The molecule has 1 N–H and O–H groups in total. The predicted molar refractivity (Wildman–Crippen MR) is 85.5 cm³/mol. The van der Waals surface area contributed by atoms with E-state index in [0.29, 0.717) is 11.7 Å². The summed E-state index contributed by atoms with van der Waals surface area (Å²) in [5.41, 5.74) is 1.73. The largest absolute Gasteiger partial charge is 0.351 e. The van der Waals surface area contributed by atoms with E-state index in [4.69, 9.17) is 0 Å². The van der Waals surface area contributed by atoms with Crippen molar-refractivity contribution in [2.45, 2.75) is 26.3 Å². The number of nitrogens with one attached hydrogen (secondary N) is 1. The number of carbonyl (C=O) groups excluding carboxylic acids is 1. The van der Waals surface area contributed by atoms with E-state index in [2.05, 4.69) is 23.7 Å². The predicted octanol–water partition coefficient (Wildman–Crippen LogP) is 2.72. The SMILES string of the molecule is CCC(C)N1CCN(C(=O)c2cc3ccccc3[nH]2)CC1. The Morgan fingerprint density at radius 3 is 2.62 bits per heavy atom. The molecule has 1 aromatic heterocycles. The van der Waals surface area contributed by atoms with Crippen LogP contribution in [0.15, 0.2) is 30.3 Å². The molecule has 0 aliphatic carbocycles. The highest BCUT2D eigenvalue weighted by atomic mass is 16.2. The first kappa shape index (κ1) is 14.1. The second kappa shape index (κ2) is 5.90. The van der Waals surface area contributed by atoms with E-state index >= 15 is 0 Å². The molecule has 4 nitrogen and oxygen atoms in total. The maximum Gasteiger partial charge on any atom is 0.270 e. The van der Waals surface area contributed by atoms with Gasteiger partial charge in [-0.15, -0.1) is 0 Å². The van der Waals surface area contributed by atoms with Crippen LogP contribution in [0.25, 0.3) is 10.9 Å². The Morgan fingerprint density at radius 1 is 1.24 bits per heavy atom. The molecule has 21 heavy (non-hydrogen) atoms. The zero-order chi connectivity index (χ0) is 14.8. The zero-order valence-electron chi connectivity index (χ0n) is 12.8. The van der Waals surface area contributed by atoms with Crippen LogP contribution in [0.1, 0.15) is 30.8 Å². The van der Waals surface area contributed by atoms with Crippen molar-refractivity contribution in [3.8, 4) is 0 Å². The third-order valence-corrected chi connectivity index (χ3v) is 4.58. The molecule has 4 heteroatoms. The van der Waals surface area contributed by atoms with E-state index < -0.39 is 0 Å². The third kappa shape index (κ3) is 2.81. The number of aromatic nitrogens is 1. The van der Waals surface area contributed by atoms with Gasteiger partial charge in [0.1, 0.15) is 5.69 Å². The Labute approximate surface area is 125 Å². The lowest BCUT2D eigenvalue weighted by atomic mass is 10.2. The summed E-state index contributed by atoms with van der Waals surface area (Å²) in [7, 11) is 0. The van der Waals surface area contributed by atoms with Crippen molar-refractivity contribution in [1.82, 2.24) is 14.8 Å². The lowest BCUT2D eigenvalue weighted by molar-refractivity contribution is 0.0575. The summed E-state index contributed by atoms with van der Waals surface area (Å²) in [4.78, 5) is 20.3. The smallest absolute Gasteiger partial charge is 0.270 e. The summed E-state index contributed by atoms with van der Waals surface area (Å²) in [5.74, 6) is 0.120. The molecule has 1 atom stereocenters. The van der Waals surface area contributed by atoms with Gasteiger partial charge in [0.25, 0.3) is 5.91 Å². The molecule has 0 bridgehead atoms. The number of fused-ring (bicyclic) bond motifs is 1. The highest BCUT2D eigenvalue weighted by molar-refractivity contribution is 5.98. The number of hydrogen-bond acceptors (Lipinski definition) is 2. The zero-order valence-corrected chi connectivity index (χ0v) is 12.8. The van der Waals surface area contributed by atoms with Crippen LogP contribution in [0.4, 0.5) is 0 Å². The average molecular weight is 285 g/mol. The molecular weight excluding hydrogens is 262 g/mol. The second-order valence-corrected chi connectivity index (χ2v) is 5.86. The van der Waals surface area contributed by atoms with Gasteiger partial charge in [0.15, 0.2) is 0 Å². The first-order chi connectivity index (χ1) is 10.2. The van der Waals surface area contributed by atoms with Crippen LogP contribution in [0.3, 0.4) is 0 Å². The fourth-order valence-corrected chi connectivity index (χ4v) is 2.98. The molecule has 0 saturated carbocycles. The molecule has 1 aliphatic rings. The van der Waals surface area contributed by atoms with Crippen molar-refractivity contribution in [3.63, 3.8) is 0 Å². The van der Waals surface area contributed by atoms with Crippen LogP contribution >= 0.6 is 0 Å². The summed E-state index contributed by atoms with van der Waals surface area (Å²) < 4.78 is 0. The number of H-pyrrole nitrogens is 1. The van der Waals surface area contributed by atoms with Gasteiger partial charge in [-0.1, -0.05) is 25.1 Å². The van der Waals surface area contributed by atoms with Gasteiger partial charge >= 0.3 is 0 Å². The van der Waals surface area contributed by atoms with Gasteiger partial charge < -0.3 is 9.88 Å². The fourth-order valence-electron chi connectivity index (χ4n) is 2.98. The van der Waals surface area contributed by atoms with Crippen molar-refractivity contribution < 1.29 is 4.79 Å². The monoisotopic (exact) mass is 285 g/mol. The molecule has 112 valence electrons. The minimum Gasteiger partial charge on any atom is -0.351 e. The van der Waals surface area contributed by atoms with Crippen molar-refractivity contribution in [3.05, 3.63) is 36.0 Å². The number of carbonyl (C=O) groups is 1. The van der Waals surface area contributed by atoms with Crippen LogP contribution in [0.5, 0.6) is 0 Å². The topological polar surface area (TPSA) is 39.3 Å². The van der Waals surface area contributed by atoms with Crippen LogP contribution in [0.2, 0.25) is 0 Å². The van der Waals surface area contributed by atoms with E-state index in [0.717, 1.165) is 43.5 Å². The maximum absolute atomic E-state index is 12.6. The third-order valence-electron chi connectivity index (χ3n) is 4.58. The molecule has 2 heterocycles. The van der Waals surface area contributed by atoms with E-state index in [-0.39, 0.29) is 5.91 Å². The number of para-hydroxylation sites is 1. The molecule has 1 amide bonds. The molecular formula is C17H23N3O. The Morgan fingerprint density at radius 2 is 1.95 bits per heavy atom. The highest BCUT2D eigenvalue weighted by Crippen LogP contribution is 2.17. The normalized spacial score (nSPS) is 18.1. The Hall–Kier alpha value is -1.81. The lowest BCUT2D eigenvalue weighted by Crippen LogP contribution is -2.51. The molecule has 1 aliphatic heterocycles. The average Bonchev–Trinajstić information content (AvgIpc) is 2.97. The minimum absolute atomic E-state index is 0.120. The quantitative estimate of drug-likeness (QED) is 0.942. The molecule has 0 radical (unpaired) electrons. The van der Waals surface area contributed by atoms with Crippen molar-refractivity contribution in [1.29, 1.82) is 0 Å². The summed E-state index contributed by atoms with van der Waals surface area (Å²) in [5, 5.41) is 1.10. The number of amides is 1. The van der Waals surface area contributed by atoms with Crippen molar-refractivity contribution in [2.75, 3.05) is 26.2 Å². The number of hydrogen-bond donors (Lipinski definition) is 1. The molecule has 3 rings (SSSR count). The van der Waals surface area contributed by atoms with Gasteiger partial charge in [-0.05, 0) is 25.5 Å². The number of benzene rings is 1. The molecule has 2 aromatic rings. The van der Waals surface area contributed by atoms with Gasteiger partial charge in [-0.3, -0.25) is 9.69 Å². The Balaban J connectivity index is 1.69. The summed E-state index contributed by atoms with van der Waals surface area (Å²) in [6.45, 7) is 8.06. The molecule has 1 unspecified atom stereocenters. The van der Waals surface area contributed by atoms with Gasteiger partial charge in [-0.2, -0.15) is 0 Å². The second-order valence-electron chi connectivity index (χ2n) is 5.86. The van der Waals surface area contributed by atoms with Crippen LogP contribution in [-0.4, -0.2) is 52.9 Å². The molecule has 1 aromatic carbocycles. The van der Waals surface area contributed by atoms with Crippen LogP contribution in [0, 0.1) is 0 Å². The maximum atomic E-state index is 12.6. The van der Waals surface area contributed by atoms with Crippen molar-refractivity contribution in [2.24, 2.45) is 0 Å². The fraction of sp³-hybridized carbons (Fsp3) is 0.471. The molecule has 1 saturated heterocycles. The number of piperazine rings is 1. The first-order valence-corrected chi connectivity index (χ1v) is 7.80. The van der Waals surface area contributed by atoms with E-state index in [1.54, 1.807) is 0 Å². The lowest BCUT2D eigenvalue weighted by Gasteiger charge is -2.37.